The largest absolute Gasteiger partial charge is 0.304 e. The highest BCUT2D eigenvalue weighted by atomic mass is 31.1. The quantitative estimate of drug-likeness (QED) is 0.467. The monoisotopic (exact) mass is 458 g/mol. The summed E-state index contributed by atoms with van der Waals surface area (Å²) in [5.41, 5.74) is 6.95. The SMILES string of the molecule is Cc1cc(C)cc(P(c2cc(C)cc(C)c2)c2ccccc2CCCN2CCN(C)CC2)c1. The van der Waals surface area contributed by atoms with Crippen LogP contribution in [0.25, 0.3) is 0 Å². The highest BCUT2D eigenvalue weighted by Crippen LogP contribution is 2.36. The van der Waals surface area contributed by atoms with Crippen molar-refractivity contribution in [3.8, 4) is 0 Å². The van der Waals surface area contributed by atoms with Crippen molar-refractivity contribution in [2.45, 2.75) is 40.5 Å². The van der Waals surface area contributed by atoms with Gasteiger partial charge in [0.25, 0.3) is 0 Å². The highest BCUT2D eigenvalue weighted by Gasteiger charge is 2.21. The average Bonchev–Trinajstić information content (AvgIpc) is 2.75. The van der Waals surface area contributed by atoms with Crippen LogP contribution in [-0.2, 0) is 6.42 Å². The summed E-state index contributed by atoms with van der Waals surface area (Å²) in [5.74, 6) is 0. The van der Waals surface area contributed by atoms with Gasteiger partial charge in [-0.2, -0.15) is 0 Å². The zero-order valence-corrected chi connectivity index (χ0v) is 22.0. The molecule has 0 saturated carbocycles. The Kier molecular flexibility index (Phi) is 8.02. The molecule has 0 N–H and O–H groups in total. The van der Waals surface area contributed by atoms with Crippen molar-refractivity contribution in [2.75, 3.05) is 39.8 Å². The molecule has 174 valence electrons. The van der Waals surface area contributed by atoms with E-state index >= 15 is 0 Å². The molecule has 1 heterocycles. The van der Waals surface area contributed by atoms with Crippen LogP contribution in [0, 0.1) is 27.7 Å². The summed E-state index contributed by atoms with van der Waals surface area (Å²) < 4.78 is 0. The predicted molar refractivity (Wildman–Crippen MR) is 146 cm³/mol. The van der Waals surface area contributed by atoms with E-state index in [1.807, 2.05) is 0 Å². The van der Waals surface area contributed by atoms with E-state index in [1.54, 1.807) is 0 Å². The Morgan fingerprint density at radius 1 is 0.697 bits per heavy atom. The number of aryl methyl sites for hydroxylation is 5. The van der Waals surface area contributed by atoms with Crippen molar-refractivity contribution in [3.63, 3.8) is 0 Å². The van der Waals surface area contributed by atoms with E-state index in [2.05, 4.69) is 105 Å². The predicted octanol–water partition coefficient (Wildman–Crippen LogP) is 4.86. The molecule has 2 nitrogen and oxygen atoms in total. The lowest BCUT2D eigenvalue weighted by atomic mass is 10.1. The lowest BCUT2D eigenvalue weighted by Gasteiger charge is -2.32. The van der Waals surface area contributed by atoms with E-state index in [9.17, 15) is 0 Å². The van der Waals surface area contributed by atoms with Crippen LogP contribution in [0.15, 0.2) is 60.7 Å². The second-order valence-corrected chi connectivity index (χ2v) is 12.1. The third-order valence-electron chi connectivity index (χ3n) is 6.68. The second-order valence-electron chi connectivity index (χ2n) is 9.90. The number of rotatable bonds is 7. The van der Waals surface area contributed by atoms with Gasteiger partial charge in [-0.25, -0.2) is 0 Å². The summed E-state index contributed by atoms with van der Waals surface area (Å²) in [6.07, 6.45) is 2.38. The van der Waals surface area contributed by atoms with Gasteiger partial charge in [0, 0.05) is 26.2 Å². The van der Waals surface area contributed by atoms with Gasteiger partial charge in [0.1, 0.15) is 0 Å². The standard InChI is InChI=1S/C30H39N2P/c1-23-17-24(2)20-28(19-23)33(29-21-25(3)18-26(4)22-29)30-11-7-6-9-27(30)10-8-12-32-15-13-31(5)14-16-32/h6-7,9,11,17-22H,8,10,12-16H2,1-5H3. The second kappa shape index (κ2) is 11.0. The van der Waals surface area contributed by atoms with Crippen molar-refractivity contribution >= 4 is 23.8 Å². The average molecular weight is 459 g/mol. The van der Waals surface area contributed by atoms with Crippen LogP contribution in [0.4, 0.5) is 0 Å². The van der Waals surface area contributed by atoms with Crippen LogP contribution in [0.2, 0.25) is 0 Å². The molecular weight excluding hydrogens is 419 g/mol. The molecule has 0 bridgehead atoms. The van der Waals surface area contributed by atoms with E-state index in [1.165, 1.54) is 82.9 Å². The van der Waals surface area contributed by atoms with Crippen molar-refractivity contribution in [1.82, 2.24) is 9.80 Å². The van der Waals surface area contributed by atoms with Crippen LogP contribution in [0.5, 0.6) is 0 Å². The zero-order valence-electron chi connectivity index (χ0n) is 21.1. The van der Waals surface area contributed by atoms with Crippen LogP contribution in [0.3, 0.4) is 0 Å². The van der Waals surface area contributed by atoms with E-state index in [4.69, 9.17) is 0 Å². The van der Waals surface area contributed by atoms with Gasteiger partial charge in [-0.15, -0.1) is 0 Å². The Morgan fingerprint density at radius 2 is 1.21 bits per heavy atom. The number of hydrogen-bond donors (Lipinski definition) is 0. The topological polar surface area (TPSA) is 6.48 Å². The van der Waals surface area contributed by atoms with Crippen molar-refractivity contribution < 1.29 is 0 Å². The number of likely N-dealkylation sites (N-methyl/N-ethyl adjacent to an activating group) is 1. The molecule has 1 aliphatic rings. The third-order valence-corrected chi connectivity index (χ3v) is 9.15. The third kappa shape index (κ3) is 6.33. The van der Waals surface area contributed by atoms with Gasteiger partial charge in [0.15, 0.2) is 0 Å². The smallest absolute Gasteiger partial charge is 0.0110 e. The first-order valence-corrected chi connectivity index (χ1v) is 13.7. The van der Waals surface area contributed by atoms with Crippen LogP contribution in [-0.4, -0.2) is 49.6 Å². The Labute approximate surface area is 202 Å². The first-order chi connectivity index (χ1) is 15.9. The molecule has 0 spiro atoms. The molecule has 0 amide bonds. The summed E-state index contributed by atoms with van der Waals surface area (Å²) in [6, 6.07) is 23.5. The van der Waals surface area contributed by atoms with Crippen molar-refractivity contribution in [1.29, 1.82) is 0 Å². The number of piperazine rings is 1. The minimum Gasteiger partial charge on any atom is -0.304 e. The van der Waals surface area contributed by atoms with Gasteiger partial charge in [-0.05, 0) is 83.5 Å². The molecule has 0 aliphatic carbocycles. The molecule has 3 heteroatoms. The Balaban J connectivity index is 1.66. The number of nitrogens with zero attached hydrogens (tertiary/aromatic N) is 2. The maximum absolute atomic E-state index is 2.64. The van der Waals surface area contributed by atoms with E-state index in [-0.39, 0.29) is 0 Å². The highest BCUT2D eigenvalue weighted by molar-refractivity contribution is 7.79. The fraction of sp³-hybridized carbons (Fsp3) is 0.400. The molecule has 1 fully saturated rings. The molecule has 4 rings (SSSR count). The van der Waals surface area contributed by atoms with Crippen molar-refractivity contribution in [2.24, 2.45) is 0 Å². The minimum absolute atomic E-state index is 0.589. The number of hydrogen-bond acceptors (Lipinski definition) is 2. The van der Waals surface area contributed by atoms with Crippen LogP contribution >= 0.6 is 7.92 Å². The van der Waals surface area contributed by atoms with Gasteiger partial charge < -0.3 is 9.80 Å². The van der Waals surface area contributed by atoms with E-state index in [0.717, 1.165) is 6.42 Å². The fourth-order valence-corrected chi connectivity index (χ4v) is 7.99. The Bertz CT molecular complexity index is 990. The summed E-state index contributed by atoms with van der Waals surface area (Å²) in [6.45, 7) is 14.9. The molecular formula is C30H39N2P. The first-order valence-electron chi connectivity index (χ1n) is 12.3. The first kappa shape index (κ1) is 24.1. The summed E-state index contributed by atoms with van der Waals surface area (Å²) in [4.78, 5) is 5.08. The van der Waals surface area contributed by atoms with Gasteiger partial charge in [0.2, 0.25) is 0 Å². The zero-order chi connectivity index (χ0) is 23.4. The lowest BCUT2D eigenvalue weighted by molar-refractivity contribution is 0.153. The Morgan fingerprint density at radius 3 is 1.76 bits per heavy atom. The van der Waals surface area contributed by atoms with E-state index in [0.29, 0.717) is 0 Å². The van der Waals surface area contributed by atoms with Gasteiger partial charge in [-0.1, -0.05) is 82.9 Å². The molecule has 0 radical (unpaired) electrons. The van der Waals surface area contributed by atoms with Crippen LogP contribution < -0.4 is 15.9 Å². The molecule has 3 aromatic rings. The molecule has 0 atom stereocenters. The molecule has 3 aromatic carbocycles. The molecule has 1 saturated heterocycles. The molecule has 0 unspecified atom stereocenters. The van der Waals surface area contributed by atoms with Crippen LogP contribution in [0.1, 0.15) is 34.2 Å². The van der Waals surface area contributed by atoms with E-state index < -0.39 is 7.92 Å². The fourth-order valence-electron chi connectivity index (χ4n) is 5.09. The number of benzene rings is 3. The summed E-state index contributed by atoms with van der Waals surface area (Å²) >= 11 is 0. The molecule has 33 heavy (non-hydrogen) atoms. The lowest BCUT2D eigenvalue weighted by Crippen LogP contribution is -2.44. The summed E-state index contributed by atoms with van der Waals surface area (Å²) in [7, 11) is 1.64. The van der Waals surface area contributed by atoms with Gasteiger partial charge in [-0.3, -0.25) is 0 Å². The molecule has 0 aromatic heterocycles. The maximum Gasteiger partial charge on any atom is 0.0110 e. The maximum atomic E-state index is 2.64. The Hall–Kier alpha value is -1.99. The van der Waals surface area contributed by atoms with Gasteiger partial charge >= 0.3 is 0 Å². The summed E-state index contributed by atoms with van der Waals surface area (Å²) in [5, 5.41) is 4.47. The normalized spacial score (nSPS) is 15.3. The van der Waals surface area contributed by atoms with Crippen molar-refractivity contribution in [3.05, 3.63) is 88.5 Å². The van der Waals surface area contributed by atoms with Gasteiger partial charge in [0.05, 0.1) is 0 Å². The minimum atomic E-state index is -0.589. The molecule has 1 aliphatic heterocycles.